The molecule has 1 aliphatic carbocycles. The van der Waals surface area contributed by atoms with Crippen molar-refractivity contribution in [2.24, 2.45) is 5.92 Å². The quantitative estimate of drug-likeness (QED) is 0.765. The third-order valence-corrected chi connectivity index (χ3v) is 4.86. The molecule has 1 aliphatic rings. The Morgan fingerprint density at radius 2 is 1.69 bits per heavy atom. The van der Waals surface area contributed by atoms with Crippen LogP contribution in [0, 0.1) is 5.92 Å². The summed E-state index contributed by atoms with van der Waals surface area (Å²) < 4.78 is 10.6. The number of para-hydroxylation sites is 1. The first-order valence-corrected chi connectivity index (χ1v) is 9.07. The fraction of sp³-hybridized carbons (Fsp3) is 0.381. The Morgan fingerprint density at radius 3 is 2.35 bits per heavy atom. The fourth-order valence-corrected chi connectivity index (χ4v) is 3.41. The molecule has 0 bridgehead atoms. The van der Waals surface area contributed by atoms with Gasteiger partial charge >= 0.3 is 0 Å². The summed E-state index contributed by atoms with van der Waals surface area (Å²) in [5, 5.41) is 6.39. The van der Waals surface area contributed by atoms with Crippen LogP contribution in [0.25, 0.3) is 0 Å². The van der Waals surface area contributed by atoms with Gasteiger partial charge in [0.05, 0.1) is 19.8 Å². The molecule has 1 fully saturated rings. The lowest BCUT2D eigenvalue weighted by Crippen LogP contribution is -2.14. The van der Waals surface area contributed by atoms with E-state index in [0.717, 1.165) is 23.8 Å². The van der Waals surface area contributed by atoms with Crippen molar-refractivity contribution in [1.29, 1.82) is 0 Å². The number of carbonyl (C=O) groups excluding carboxylic acids is 1. The number of anilines is 2. The fourth-order valence-electron chi connectivity index (χ4n) is 3.41. The third-order valence-electron chi connectivity index (χ3n) is 4.86. The predicted molar refractivity (Wildman–Crippen MR) is 104 cm³/mol. The lowest BCUT2D eigenvalue weighted by atomic mass is 10.1. The van der Waals surface area contributed by atoms with Crippen molar-refractivity contribution in [3.05, 3.63) is 48.0 Å². The van der Waals surface area contributed by atoms with Gasteiger partial charge in [0.15, 0.2) is 11.5 Å². The Hall–Kier alpha value is -2.69. The number of benzene rings is 2. The topological polar surface area (TPSA) is 59.6 Å². The van der Waals surface area contributed by atoms with Crippen LogP contribution in [-0.2, 0) is 0 Å². The molecule has 2 N–H and O–H groups in total. The zero-order valence-corrected chi connectivity index (χ0v) is 15.4. The van der Waals surface area contributed by atoms with E-state index >= 15 is 0 Å². The number of nitrogens with one attached hydrogen (secondary N) is 2. The second kappa shape index (κ2) is 8.61. The summed E-state index contributed by atoms with van der Waals surface area (Å²) in [6.07, 6.45) is 5.35. The molecule has 5 nitrogen and oxygen atoms in total. The van der Waals surface area contributed by atoms with Crippen molar-refractivity contribution in [1.82, 2.24) is 0 Å². The molecule has 5 heteroatoms. The molecule has 0 spiro atoms. The Kier molecular flexibility index (Phi) is 6.00. The number of rotatable bonds is 7. The van der Waals surface area contributed by atoms with Gasteiger partial charge in [-0.25, -0.2) is 0 Å². The Morgan fingerprint density at radius 1 is 1.00 bits per heavy atom. The molecule has 138 valence electrons. The summed E-state index contributed by atoms with van der Waals surface area (Å²) >= 11 is 0. The van der Waals surface area contributed by atoms with Crippen LogP contribution in [0.2, 0.25) is 0 Å². The van der Waals surface area contributed by atoms with E-state index in [1.165, 1.54) is 32.8 Å². The number of ether oxygens (including phenoxy) is 2. The third kappa shape index (κ3) is 4.28. The number of amides is 1. The Balaban J connectivity index is 1.62. The maximum atomic E-state index is 12.6. The van der Waals surface area contributed by atoms with Gasteiger partial charge in [0, 0.05) is 17.9 Å². The standard InChI is InChI=1S/C21H26N2O3/c1-25-19-9-5-8-18(20(19)26-2)21(24)23-17-12-10-16(11-13-17)22-14-15-6-3-4-7-15/h5,8-13,15,22H,3-4,6-7,14H2,1-2H3,(H,23,24). The summed E-state index contributed by atoms with van der Waals surface area (Å²) in [6, 6.07) is 13.0. The smallest absolute Gasteiger partial charge is 0.259 e. The molecule has 0 aliphatic heterocycles. The molecule has 2 aromatic rings. The van der Waals surface area contributed by atoms with Crippen LogP contribution in [0.4, 0.5) is 11.4 Å². The van der Waals surface area contributed by atoms with Crippen LogP contribution in [0.1, 0.15) is 36.0 Å². The monoisotopic (exact) mass is 354 g/mol. The minimum Gasteiger partial charge on any atom is -0.493 e. The molecule has 26 heavy (non-hydrogen) atoms. The highest BCUT2D eigenvalue weighted by Crippen LogP contribution is 2.31. The van der Waals surface area contributed by atoms with Crippen molar-refractivity contribution in [3.63, 3.8) is 0 Å². The van der Waals surface area contributed by atoms with Crippen molar-refractivity contribution < 1.29 is 14.3 Å². The summed E-state index contributed by atoms with van der Waals surface area (Å²) in [5.74, 6) is 1.52. The number of hydrogen-bond donors (Lipinski definition) is 2. The van der Waals surface area contributed by atoms with Gasteiger partial charge in [-0.05, 0) is 55.2 Å². The molecule has 0 aromatic heterocycles. The van der Waals surface area contributed by atoms with E-state index in [0.29, 0.717) is 17.1 Å². The second-order valence-corrected chi connectivity index (χ2v) is 6.60. The molecule has 3 rings (SSSR count). The first kappa shape index (κ1) is 18.1. The molecule has 0 atom stereocenters. The molecule has 1 amide bonds. The molecule has 0 unspecified atom stereocenters. The minimum atomic E-state index is -0.229. The van der Waals surface area contributed by atoms with Crippen LogP contribution in [-0.4, -0.2) is 26.7 Å². The first-order chi connectivity index (χ1) is 12.7. The second-order valence-electron chi connectivity index (χ2n) is 6.60. The van der Waals surface area contributed by atoms with Gasteiger partial charge in [0.25, 0.3) is 5.91 Å². The first-order valence-electron chi connectivity index (χ1n) is 9.07. The normalized spacial score (nSPS) is 14.1. The van der Waals surface area contributed by atoms with Gasteiger partial charge in [-0.2, -0.15) is 0 Å². The molecule has 0 saturated heterocycles. The SMILES string of the molecule is COc1cccc(C(=O)Nc2ccc(NCC3CCCC3)cc2)c1OC. The van der Waals surface area contributed by atoms with Crippen LogP contribution >= 0.6 is 0 Å². The summed E-state index contributed by atoms with van der Waals surface area (Å²) in [4.78, 5) is 12.6. The Labute approximate surface area is 154 Å². The maximum absolute atomic E-state index is 12.6. The molecular formula is C21H26N2O3. The molecule has 2 aromatic carbocycles. The van der Waals surface area contributed by atoms with Crippen LogP contribution in [0.5, 0.6) is 11.5 Å². The lowest BCUT2D eigenvalue weighted by molar-refractivity contribution is 0.102. The average molecular weight is 354 g/mol. The van der Waals surface area contributed by atoms with Crippen LogP contribution in [0.15, 0.2) is 42.5 Å². The highest BCUT2D eigenvalue weighted by Gasteiger charge is 2.17. The highest BCUT2D eigenvalue weighted by molar-refractivity contribution is 6.06. The zero-order valence-electron chi connectivity index (χ0n) is 15.4. The molecular weight excluding hydrogens is 328 g/mol. The van der Waals surface area contributed by atoms with Gasteiger partial charge in [0.2, 0.25) is 0 Å². The number of methoxy groups -OCH3 is 2. The van der Waals surface area contributed by atoms with E-state index in [1.807, 2.05) is 24.3 Å². The van der Waals surface area contributed by atoms with Crippen LogP contribution in [0.3, 0.4) is 0 Å². The van der Waals surface area contributed by atoms with Crippen molar-refractivity contribution >= 4 is 17.3 Å². The van der Waals surface area contributed by atoms with Crippen molar-refractivity contribution in [2.45, 2.75) is 25.7 Å². The van der Waals surface area contributed by atoms with Gasteiger partial charge in [-0.15, -0.1) is 0 Å². The summed E-state index contributed by atoms with van der Waals surface area (Å²) in [6.45, 7) is 1.02. The molecule has 0 radical (unpaired) electrons. The molecule has 1 saturated carbocycles. The van der Waals surface area contributed by atoms with Crippen molar-refractivity contribution in [2.75, 3.05) is 31.4 Å². The van der Waals surface area contributed by atoms with E-state index < -0.39 is 0 Å². The number of hydrogen-bond acceptors (Lipinski definition) is 4. The Bertz CT molecular complexity index is 737. The lowest BCUT2D eigenvalue weighted by Gasteiger charge is -2.14. The van der Waals surface area contributed by atoms with Gasteiger partial charge in [0.1, 0.15) is 0 Å². The molecule has 0 heterocycles. The van der Waals surface area contributed by atoms with Crippen LogP contribution < -0.4 is 20.1 Å². The largest absolute Gasteiger partial charge is 0.493 e. The van der Waals surface area contributed by atoms with Gasteiger partial charge < -0.3 is 20.1 Å². The zero-order chi connectivity index (χ0) is 18.4. The highest BCUT2D eigenvalue weighted by atomic mass is 16.5. The van der Waals surface area contributed by atoms with E-state index in [9.17, 15) is 4.79 Å². The van der Waals surface area contributed by atoms with Crippen molar-refractivity contribution in [3.8, 4) is 11.5 Å². The summed E-state index contributed by atoms with van der Waals surface area (Å²) in [7, 11) is 3.08. The van der Waals surface area contributed by atoms with Gasteiger partial charge in [-0.1, -0.05) is 18.9 Å². The van der Waals surface area contributed by atoms with E-state index in [2.05, 4.69) is 10.6 Å². The van der Waals surface area contributed by atoms with E-state index in [4.69, 9.17) is 9.47 Å². The average Bonchev–Trinajstić information content (AvgIpc) is 3.20. The predicted octanol–water partition coefficient (Wildman–Crippen LogP) is 4.56. The van der Waals surface area contributed by atoms with E-state index in [-0.39, 0.29) is 5.91 Å². The number of carbonyl (C=O) groups is 1. The summed E-state index contributed by atoms with van der Waals surface area (Å²) in [5.41, 5.74) is 2.26. The maximum Gasteiger partial charge on any atom is 0.259 e. The van der Waals surface area contributed by atoms with E-state index in [1.54, 1.807) is 25.3 Å². The van der Waals surface area contributed by atoms with Gasteiger partial charge in [-0.3, -0.25) is 4.79 Å². The minimum absolute atomic E-state index is 0.229.